The van der Waals surface area contributed by atoms with Crippen molar-refractivity contribution in [2.45, 2.75) is 38.6 Å². The van der Waals surface area contributed by atoms with E-state index < -0.39 is 0 Å². The van der Waals surface area contributed by atoms with Crippen LogP contribution in [0, 0.1) is 11.8 Å². The second-order valence-electron chi connectivity index (χ2n) is 7.95. The quantitative estimate of drug-likeness (QED) is 0.844. The topological polar surface area (TPSA) is 58.6 Å². The number of methoxy groups -OCH3 is 1. The zero-order chi connectivity index (χ0) is 20.2. The molecule has 0 saturated heterocycles. The maximum atomic E-state index is 13.0. The number of hydrogen-bond donors (Lipinski definition) is 1. The summed E-state index contributed by atoms with van der Waals surface area (Å²) in [5, 5.41) is 3.04. The molecule has 2 aromatic rings. The molecule has 5 heteroatoms. The number of benzene rings is 2. The first kappa shape index (κ1) is 19.5. The molecule has 1 heterocycles. The van der Waals surface area contributed by atoms with Gasteiger partial charge in [-0.2, -0.15) is 0 Å². The van der Waals surface area contributed by atoms with E-state index in [1.165, 1.54) is 5.56 Å². The van der Waals surface area contributed by atoms with E-state index in [1.54, 1.807) is 7.11 Å². The van der Waals surface area contributed by atoms with Crippen molar-refractivity contribution in [1.29, 1.82) is 0 Å². The molecule has 1 N–H and O–H groups in total. The minimum Gasteiger partial charge on any atom is -0.496 e. The number of anilines is 1. The van der Waals surface area contributed by atoms with Crippen molar-refractivity contribution in [2.75, 3.05) is 18.6 Å². The van der Waals surface area contributed by atoms with Crippen LogP contribution in [0.4, 0.5) is 5.69 Å². The Morgan fingerprint density at radius 2 is 1.69 bits per heavy atom. The van der Waals surface area contributed by atoms with Crippen LogP contribution < -0.4 is 15.0 Å². The molecule has 1 fully saturated rings. The van der Waals surface area contributed by atoms with Crippen LogP contribution in [0.15, 0.2) is 48.5 Å². The number of fused-ring (bicyclic) bond motifs is 1. The zero-order valence-corrected chi connectivity index (χ0v) is 16.9. The van der Waals surface area contributed by atoms with Crippen LogP contribution in [0.1, 0.15) is 36.8 Å². The molecule has 2 aliphatic rings. The van der Waals surface area contributed by atoms with Crippen molar-refractivity contribution in [3.8, 4) is 5.75 Å². The number of nitrogens with one attached hydrogen (secondary N) is 1. The SMILES string of the molecule is COc1ccccc1CNC(=O)C1CCC(C(=O)N2CCc3ccccc32)CC1. The number of carbonyl (C=O) groups is 2. The highest BCUT2D eigenvalue weighted by Gasteiger charge is 2.34. The van der Waals surface area contributed by atoms with Gasteiger partial charge in [-0.05, 0) is 49.8 Å². The van der Waals surface area contributed by atoms with Crippen LogP contribution in [0.3, 0.4) is 0 Å². The monoisotopic (exact) mass is 392 g/mol. The highest BCUT2D eigenvalue weighted by atomic mass is 16.5. The Kier molecular flexibility index (Phi) is 5.84. The fourth-order valence-corrected chi connectivity index (χ4v) is 4.57. The number of nitrogens with zero attached hydrogens (tertiary/aromatic N) is 1. The second kappa shape index (κ2) is 8.68. The van der Waals surface area contributed by atoms with E-state index in [9.17, 15) is 9.59 Å². The smallest absolute Gasteiger partial charge is 0.230 e. The molecule has 5 nitrogen and oxygen atoms in total. The summed E-state index contributed by atoms with van der Waals surface area (Å²) in [6, 6.07) is 15.9. The average molecular weight is 392 g/mol. The molecule has 29 heavy (non-hydrogen) atoms. The molecule has 0 atom stereocenters. The molecule has 0 bridgehead atoms. The summed E-state index contributed by atoms with van der Waals surface area (Å²) in [6.07, 6.45) is 4.03. The first-order chi connectivity index (χ1) is 14.2. The van der Waals surface area contributed by atoms with Crippen molar-refractivity contribution in [1.82, 2.24) is 5.32 Å². The third-order valence-corrected chi connectivity index (χ3v) is 6.25. The lowest BCUT2D eigenvalue weighted by molar-refractivity contribution is -0.129. The van der Waals surface area contributed by atoms with Gasteiger partial charge in [0.1, 0.15) is 5.75 Å². The maximum absolute atomic E-state index is 13.0. The zero-order valence-electron chi connectivity index (χ0n) is 16.9. The highest BCUT2D eigenvalue weighted by Crippen LogP contribution is 2.34. The van der Waals surface area contributed by atoms with Gasteiger partial charge < -0.3 is 15.0 Å². The Morgan fingerprint density at radius 3 is 2.48 bits per heavy atom. The standard InChI is InChI=1S/C24H28N2O3/c1-29-22-9-5-3-7-20(22)16-25-23(27)18-10-12-19(13-11-18)24(28)26-15-14-17-6-2-4-8-21(17)26/h2-9,18-19H,10-16H2,1H3,(H,25,27). The van der Waals surface area contributed by atoms with Crippen LogP contribution in [0.25, 0.3) is 0 Å². The van der Waals surface area contributed by atoms with Crippen molar-refractivity contribution < 1.29 is 14.3 Å². The summed E-state index contributed by atoms with van der Waals surface area (Å²) in [6.45, 7) is 1.24. The molecule has 1 aliphatic carbocycles. The van der Waals surface area contributed by atoms with Crippen molar-refractivity contribution in [3.05, 3.63) is 59.7 Å². The van der Waals surface area contributed by atoms with E-state index in [-0.39, 0.29) is 23.7 Å². The predicted octanol–water partition coefficient (Wildman–Crippen LogP) is 3.71. The fraction of sp³-hybridized carbons (Fsp3) is 0.417. The summed E-state index contributed by atoms with van der Waals surface area (Å²) >= 11 is 0. The molecule has 1 aliphatic heterocycles. The predicted molar refractivity (Wildman–Crippen MR) is 113 cm³/mol. The van der Waals surface area contributed by atoms with Gasteiger partial charge in [0.05, 0.1) is 7.11 Å². The summed E-state index contributed by atoms with van der Waals surface area (Å²) in [4.78, 5) is 27.6. The van der Waals surface area contributed by atoms with Crippen LogP contribution >= 0.6 is 0 Å². The van der Waals surface area contributed by atoms with Gasteiger partial charge >= 0.3 is 0 Å². The van der Waals surface area contributed by atoms with E-state index in [2.05, 4.69) is 11.4 Å². The van der Waals surface area contributed by atoms with E-state index in [0.717, 1.165) is 55.6 Å². The number of amides is 2. The Hall–Kier alpha value is -2.82. The highest BCUT2D eigenvalue weighted by molar-refractivity contribution is 5.97. The van der Waals surface area contributed by atoms with Crippen molar-refractivity contribution >= 4 is 17.5 Å². The maximum Gasteiger partial charge on any atom is 0.230 e. The second-order valence-corrected chi connectivity index (χ2v) is 7.95. The third kappa shape index (κ3) is 4.14. The van der Waals surface area contributed by atoms with Gasteiger partial charge in [-0.1, -0.05) is 36.4 Å². The third-order valence-electron chi connectivity index (χ3n) is 6.25. The first-order valence-electron chi connectivity index (χ1n) is 10.5. The molecule has 0 aromatic heterocycles. The minimum atomic E-state index is -0.0142. The van der Waals surface area contributed by atoms with Gasteiger partial charge in [-0.25, -0.2) is 0 Å². The van der Waals surface area contributed by atoms with Gasteiger partial charge in [0.2, 0.25) is 11.8 Å². The molecule has 2 aromatic carbocycles. The fourth-order valence-electron chi connectivity index (χ4n) is 4.57. The largest absolute Gasteiger partial charge is 0.496 e. The molecule has 152 valence electrons. The van der Waals surface area contributed by atoms with Gasteiger partial charge in [0, 0.05) is 36.2 Å². The summed E-state index contributed by atoms with van der Waals surface area (Å²) in [5.74, 6) is 1.10. The van der Waals surface area contributed by atoms with E-state index in [4.69, 9.17) is 4.74 Å². The van der Waals surface area contributed by atoms with Crippen molar-refractivity contribution in [2.24, 2.45) is 11.8 Å². The van der Waals surface area contributed by atoms with E-state index in [1.807, 2.05) is 47.4 Å². The lowest BCUT2D eigenvalue weighted by Crippen LogP contribution is -2.39. The van der Waals surface area contributed by atoms with Crippen LogP contribution in [-0.4, -0.2) is 25.5 Å². The van der Waals surface area contributed by atoms with Crippen molar-refractivity contribution in [3.63, 3.8) is 0 Å². The Balaban J connectivity index is 1.29. The first-order valence-corrected chi connectivity index (χ1v) is 10.5. The number of rotatable bonds is 5. The van der Waals surface area contributed by atoms with Gasteiger partial charge in [-0.15, -0.1) is 0 Å². The van der Waals surface area contributed by atoms with E-state index >= 15 is 0 Å². The summed E-state index contributed by atoms with van der Waals surface area (Å²) < 4.78 is 5.34. The normalized spacial score (nSPS) is 20.8. The molecular formula is C24H28N2O3. The van der Waals surface area contributed by atoms with Crippen LogP contribution in [0.2, 0.25) is 0 Å². The number of para-hydroxylation sites is 2. The van der Waals surface area contributed by atoms with Crippen LogP contribution in [-0.2, 0) is 22.6 Å². The van der Waals surface area contributed by atoms with Gasteiger partial charge in [0.15, 0.2) is 0 Å². The Labute approximate surface area is 172 Å². The Morgan fingerprint density at radius 1 is 1.00 bits per heavy atom. The lowest BCUT2D eigenvalue weighted by atomic mass is 9.81. The average Bonchev–Trinajstić information content (AvgIpc) is 3.21. The molecule has 0 radical (unpaired) electrons. The van der Waals surface area contributed by atoms with Crippen LogP contribution in [0.5, 0.6) is 5.75 Å². The van der Waals surface area contributed by atoms with Gasteiger partial charge in [0.25, 0.3) is 0 Å². The van der Waals surface area contributed by atoms with Gasteiger partial charge in [-0.3, -0.25) is 9.59 Å². The molecule has 0 unspecified atom stereocenters. The molecule has 4 rings (SSSR count). The lowest BCUT2D eigenvalue weighted by Gasteiger charge is -2.30. The summed E-state index contributed by atoms with van der Waals surface area (Å²) in [5.41, 5.74) is 3.29. The molecule has 0 spiro atoms. The number of hydrogen-bond acceptors (Lipinski definition) is 3. The molecule has 1 saturated carbocycles. The Bertz CT molecular complexity index is 887. The molecule has 2 amide bonds. The minimum absolute atomic E-state index is 0.0142. The van der Waals surface area contributed by atoms with E-state index in [0.29, 0.717) is 6.54 Å². The number of carbonyl (C=O) groups excluding carboxylic acids is 2. The molecular weight excluding hydrogens is 364 g/mol. The number of ether oxygens (including phenoxy) is 1. The summed E-state index contributed by atoms with van der Waals surface area (Å²) in [7, 11) is 1.64.